The lowest BCUT2D eigenvalue weighted by atomic mass is 10.00. The molecule has 0 saturated heterocycles. The van der Waals surface area contributed by atoms with Gasteiger partial charge in [0.25, 0.3) is 0 Å². The fourth-order valence-corrected chi connectivity index (χ4v) is 8.97. The van der Waals surface area contributed by atoms with Crippen molar-refractivity contribution in [1.29, 1.82) is 0 Å². The van der Waals surface area contributed by atoms with Gasteiger partial charge in [0.2, 0.25) is 0 Å². The van der Waals surface area contributed by atoms with Gasteiger partial charge in [-0.05, 0) is 69.1 Å². The molecule has 0 saturated carbocycles. The second-order valence-electron chi connectivity index (χ2n) is 14.7. The third-order valence-corrected chi connectivity index (χ3v) is 11.5. The molecule has 3 aromatic heterocycles. The highest BCUT2D eigenvalue weighted by Crippen LogP contribution is 2.42. The minimum atomic E-state index is 0.0511. The van der Waals surface area contributed by atoms with E-state index in [4.69, 9.17) is 19.4 Å². The molecule has 11 aromatic rings. The Kier molecular flexibility index (Phi) is 6.69. The van der Waals surface area contributed by atoms with Gasteiger partial charge in [0.1, 0.15) is 11.0 Å². The highest BCUT2D eigenvalue weighted by molar-refractivity contribution is 6.28. The number of hydrogen-bond donors (Lipinski definition) is 0. The first-order chi connectivity index (χ1) is 27.7. The molecule has 5 nitrogen and oxygen atoms in total. The van der Waals surface area contributed by atoms with Gasteiger partial charge in [-0.25, -0.2) is 15.0 Å². The van der Waals surface area contributed by atoms with Crippen molar-refractivity contribution >= 4 is 77.2 Å². The van der Waals surface area contributed by atoms with E-state index in [0.29, 0.717) is 17.5 Å². The predicted octanol–water partition coefficient (Wildman–Crippen LogP) is 11.4. The summed E-state index contributed by atoms with van der Waals surface area (Å²) in [6.45, 7) is 0. The Bertz CT molecular complexity index is 3430. The van der Waals surface area contributed by atoms with Gasteiger partial charge in [-0.3, -0.25) is 0 Å². The van der Waals surface area contributed by atoms with E-state index >= 15 is 0 Å². The van der Waals surface area contributed by atoms with Crippen LogP contribution in [0.2, 0.25) is 0 Å². The zero-order valence-corrected chi connectivity index (χ0v) is 30.2. The number of benzene rings is 8. The highest BCUT2D eigenvalue weighted by atomic mass is 16.3. The SMILES string of the molecule is C1=c2oc3cccc(-c4nc(-c5ccccc5)nc(-c5ccc6ccccc6c5)n4)c3c2=CCC1n1c2ccc3ccccc3c2c2c3ccccc3ccc21. The summed E-state index contributed by atoms with van der Waals surface area (Å²) in [4.78, 5) is 15.3. The van der Waals surface area contributed by atoms with E-state index in [2.05, 4.69) is 144 Å². The second kappa shape index (κ2) is 12.1. The van der Waals surface area contributed by atoms with E-state index in [1.165, 1.54) is 48.7 Å². The van der Waals surface area contributed by atoms with Crippen molar-refractivity contribution in [3.05, 3.63) is 174 Å². The van der Waals surface area contributed by atoms with Gasteiger partial charge in [0.05, 0.1) is 17.1 Å². The molecule has 0 aliphatic heterocycles. The van der Waals surface area contributed by atoms with Crippen molar-refractivity contribution in [2.24, 2.45) is 0 Å². The number of fused-ring (bicyclic) bond motifs is 11. The van der Waals surface area contributed by atoms with Crippen molar-refractivity contribution < 1.29 is 4.42 Å². The molecule has 0 fully saturated rings. The smallest absolute Gasteiger partial charge is 0.164 e. The summed E-state index contributed by atoms with van der Waals surface area (Å²) in [6.07, 6.45) is 5.47. The van der Waals surface area contributed by atoms with Crippen molar-refractivity contribution in [2.75, 3.05) is 0 Å². The van der Waals surface area contributed by atoms with Crippen LogP contribution in [0.15, 0.2) is 168 Å². The summed E-state index contributed by atoms with van der Waals surface area (Å²) >= 11 is 0. The third-order valence-electron chi connectivity index (χ3n) is 11.5. The topological polar surface area (TPSA) is 56.7 Å². The molecule has 1 aliphatic rings. The lowest BCUT2D eigenvalue weighted by Gasteiger charge is -2.18. The fourth-order valence-electron chi connectivity index (χ4n) is 8.97. The Hall–Kier alpha value is -7.37. The lowest BCUT2D eigenvalue weighted by molar-refractivity contribution is 0.560. The number of rotatable bonds is 4. The molecule has 0 amide bonds. The first kappa shape index (κ1) is 31.0. The molecule has 0 spiro atoms. The fraction of sp³-hybridized carbons (Fsp3) is 0.0392. The van der Waals surface area contributed by atoms with Crippen LogP contribution >= 0.6 is 0 Å². The van der Waals surface area contributed by atoms with Gasteiger partial charge < -0.3 is 8.98 Å². The van der Waals surface area contributed by atoms with Crippen LogP contribution in [0.4, 0.5) is 0 Å². The molecule has 12 rings (SSSR count). The zero-order valence-electron chi connectivity index (χ0n) is 30.2. The van der Waals surface area contributed by atoms with Crippen molar-refractivity contribution in [2.45, 2.75) is 12.5 Å². The van der Waals surface area contributed by atoms with Crippen LogP contribution in [-0.2, 0) is 0 Å². The van der Waals surface area contributed by atoms with Crippen molar-refractivity contribution in [3.8, 4) is 34.2 Å². The van der Waals surface area contributed by atoms with E-state index in [-0.39, 0.29) is 6.04 Å². The lowest BCUT2D eigenvalue weighted by Crippen LogP contribution is -2.27. The maximum Gasteiger partial charge on any atom is 0.164 e. The van der Waals surface area contributed by atoms with Gasteiger partial charge in [-0.2, -0.15) is 0 Å². The molecule has 0 N–H and O–H groups in total. The Balaban J connectivity index is 1.06. The monoisotopic (exact) mass is 716 g/mol. The maximum atomic E-state index is 6.75. The van der Waals surface area contributed by atoms with Gasteiger partial charge >= 0.3 is 0 Å². The average molecular weight is 717 g/mol. The zero-order chi connectivity index (χ0) is 36.7. The number of hydrogen-bond acceptors (Lipinski definition) is 4. The molecule has 8 aromatic carbocycles. The minimum Gasteiger partial charge on any atom is -0.456 e. The first-order valence-electron chi connectivity index (χ1n) is 19.1. The van der Waals surface area contributed by atoms with E-state index in [9.17, 15) is 0 Å². The summed E-state index contributed by atoms with van der Waals surface area (Å²) in [5, 5.41) is 12.1. The molecule has 0 bridgehead atoms. The Morgan fingerprint density at radius 1 is 0.482 bits per heavy atom. The third kappa shape index (κ3) is 4.71. The Morgan fingerprint density at radius 3 is 1.82 bits per heavy atom. The van der Waals surface area contributed by atoms with Gasteiger partial charge in [0, 0.05) is 38.1 Å². The number of furan rings is 1. The van der Waals surface area contributed by atoms with Gasteiger partial charge in [-0.1, -0.05) is 146 Å². The highest BCUT2D eigenvalue weighted by Gasteiger charge is 2.23. The van der Waals surface area contributed by atoms with Crippen molar-refractivity contribution in [3.63, 3.8) is 0 Å². The maximum absolute atomic E-state index is 6.75. The summed E-state index contributed by atoms with van der Waals surface area (Å²) in [6, 6.07) is 57.7. The summed E-state index contributed by atoms with van der Waals surface area (Å²) in [7, 11) is 0. The Morgan fingerprint density at radius 2 is 1.09 bits per heavy atom. The average Bonchev–Trinajstić information content (AvgIpc) is 3.82. The molecular weight excluding hydrogens is 685 g/mol. The van der Waals surface area contributed by atoms with Crippen LogP contribution in [0.25, 0.3) is 111 Å². The summed E-state index contributed by atoms with van der Waals surface area (Å²) in [5.74, 6) is 1.89. The molecule has 3 heterocycles. The Labute approximate surface area is 321 Å². The van der Waals surface area contributed by atoms with Crippen LogP contribution in [0.1, 0.15) is 12.5 Å². The number of nitrogens with zero attached hydrogens (tertiary/aromatic N) is 4. The van der Waals surface area contributed by atoms with Crippen LogP contribution < -0.4 is 10.6 Å². The molecule has 1 aliphatic carbocycles. The van der Waals surface area contributed by atoms with Crippen LogP contribution in [-0.4, -0.2) is 19.5 Å². The standard InChI is InChI=1S/C51H32N4O/c1-2-14-34(15-3-1)49-52-50(36-22-21-31-11-4-5-16-35(31)29-36)54-51(53-49)41-19-10-20-44-46(41)40-26-25-37(30-45(40)56-44)55-42-27-23-32-12-6-8-17-38(32)47(42)48-39-18-9-7-13-33(39)24-28-43(48)55/h1-24,26-30,37H,25H2. The van der Waals surface area contributed by atoms with Gasteiger partial charge in [0.15, 0.2) is 17.5 Å². The van der Waals surface area contributed by atoms with E-state index in [1.807, 2.05) is 36.4 Å². The van der Waals surface area contributed by atoms with E-state index in [0.717, 1.165) is 50.1 Å². The molecular formula is C51H32N4O. The van der Waals surface area contributed by atoms with E-state index < -0.39 is 0 Å². The molecule has 1 atom stereocenters. The molecule has 56 heavy (non-hydrogen) atoms. The predicted molar refractivity (Wildman–Crippen MR) is 230 cm³/mol. The minimum absolute atomic E-state index is 0.0511. The number of aromatic nitrogens is 4. The largest absolute Gasteiger partial charge is 0.456 e. The summed E-state index contributed by atoms with van der Waals surface area (Å²) in [5.41, 5.74) is 6.94. The van der Waals surface area contributed by atoms with Crippen LogP contribution in [0.3, 0.4) is 0 Å². The van der Waals surface area contributed by atoms with Crippen molar-refractivity contribution in [1.82, 2.24) is 19.5 Å². The molecule has 1 unspecified atom stereocenters. The normalized spacial score (nSPS) is 14.1. The molecule has 0 radical (unpaired) electrons. The molecule has 5 heteroatoms. The van der Waals surface area contributed by atoms with Gasteiger partial charge in [-0.15, -0.1) is 0 Å². The van der Waals surface area contributed by atoms with Crippen LogP contribution in [0, 0.1) is 0 Å². The summed E-state index contributed by atoms with van der Waals surface area (Å²) < 4.78 is 9.27. The molecule has 262 valence electrons. The van der Waals surface area contributed by atoms with E-state index in [1.54, 1.807) is 0 Å². The first-order valence-corrected chi connectivity index (χ1v) is 19.1. The quantitative estimate of drug-likeness (QED) is 0.182. The van der Waals surface area contributed by atoms with Crippen LogP contribution in [0.5, 0.6) is 0 Å². The second-order valence-corrected chi connectivity index (χ2v) is 14.7.